The molecule has 1 aliphatic rings. The molecule has 0 aromatic carbocycles. The second-order valence-corrected chi connectivity index (χ2v) is 4.34. The van der Waals surface area contributed by atoms with Crippen molar-refractivity contribution in [3.8, 4) is 0 Å². The van der Waals surface area contributed by atoms with Crippen molar-refractivity contribution in [2.75, 3.05) is 6.61 Å². The number of aliphatic hydroxyl groups excluding tert-OH is 1. The van der Waals surface area contributed by atoms with Gasteiger partial charge in [-0.3, -0.25) is 0 Å². The molecule has 84 valence electrons. The molecule has 2 rings (SSSR count). The van der Waals surface area contributed by atoms with E-state index in [2.05, 4.69) is 16.5 Å². The van der Waals surface area contributed by atoms with Crippen LogP contribution in [0.1, 0.15) is 42.9 Å². The van der Waals surface area contributed by atoms with Gasteiger partial charge in [0.1, 0.15) is 5.82 Å². The number of aromatic nitrogens is 2. The third-order valence-electron chi connectivity index (χ3n) is 3.21. The van der Waals surface area contributed by atoms with Gasteiger partial charge >= 0.3 is 0 Å². The molecule has 1 aromatic heterocycles. The van der Waals surface area contributed by atoms with Crippen LogP contribution >= 0.6 is 0 Å². The zero-order valence-electron chi connectivity index (χ0n) is 9.50. The van der Waals surface area contributed by atoms with Gasteiger partial charge in [0, 0.05) is 18.8 Å². The molecule has 0 aliphatic heterocycles. The topological polar surface area (TPSA) is 38.0 Å². The Morgan fingerprint density at radius 3 is 2.87 bits per heavy atom. The number of fused-ring (bicyclic) bond motifs is 1. The molecular formula is C12H20N2O. The zero-order valence-corrected chi connectivity index (χ0v) is 9.50. The average Bonchev–Trinajstić information content (AvgIpc) is 2.56. The van der Waals surface area contributed by atoms with Crippen molar-refractivity contribution >= 4 is 0 Å². The van der Waals surface area contributed by atoms with Crippen LogP contribution < -0.4 is 0 Å². The minimum Gasteiger partial charge on any atom is -0.396 e. The standard InChI is InChI=1S/C12H20N2O/c1-10-13-11-6-2-3-7-12(11)14(10)8-4-5-9-15/h15H,2-9H2,1H3. The quantitative estimate of drug-likeness (QED) is 0.767. The van der Waals surface area contributed by atoms with Gasteiger partial charge in [-0.1, -0.05) is 0 Å². The number of imidazole rings is 1. The Bertz CT molecular complexity index is 331. The van der Waals surface area contributed by atoms with Crippen molar-refractivity contribution < 1.29 is 5.11 Å². The molecule has 0 amide bonds. The van der Waals surface area contributed by atoms with Crippen molar-refractivity contribution in [1.82, 2.24) is 9.55 Å². The summed E-state index contributed by atoms with van der Waals surface area (Å²) < 4.78 is 2.35. The van der Waals surface area contributed by atoms with Crippen LogP contribution in [0, 0.1) is 6.92 Å². The first-order valence-corrected chi connectivity index (χ1v) is 5.98. The molecule has 3 heteroatoms. The first-order chi connectivity index (χ1) is 7.33. The van der Waals surface area contributed by atoms with Crippen LogP contribution in [0.4, 0.5) is 0 Å². The second-order valence-electron chi connectivity index (χ2n) is 4.34. The van der Waals surface area contributed by atoms with Gasteiger partial charge in [-0.15, -0.1) is 0 Å². The lowest BCUT2D eigenvalue weighted by Gasteiger charge is -2.14. The van der Waals surface area contributed by atoms with Gasteiger partial charge in [-0.05, 0) is 45.4 Å². The normalized spacial score (nSPS) is 15.3. The minimum absolute atomic E-state index is 0.302. The summed E-state index contributed by atoms with van der Waals surface area (Å²) in [6.45, 7) is 3.42. The average molecular weight is 208 g/mol. The van der Waals surface area contributed by atoms with Crippen molar-refractivity contribution in [3.63, 3.8) is 0 Å². The van der Waals surface area contributed by atoms with Gasteiger partial charge in [0.15, 0.2) is 0 Å². The maximum Gasteiger partial charge on any atom is 0.106 e. The van der Waals surface area contributed by atoms with E-state index in [1.807, 2.05) is 0 Å². The Balaban J connectivity index is 2.11. The van der Waals surface area contributed by atoms with Crippen molar-refractivity contribution in [2.45, 2.75) is 52.0 Å². The van der Waals surface area contributed by atoms with E-state index in [1.165, 1.54) is 30.7 Å². The smallest absolute Gasteiger partial charge is 0.106 e. The zero-order chi connectivity index (χ0) is 10.7. The Morgan fingerprint density at radius 1 is 1.27 bits per heavy atom. The number of hydrogen-bond donors (Lipinski definition) is 1. The highest BCUT2D eigenvalue weighted by Crippen LogP contribution is 2.22. The van der Waals surface area contributed by atoms with Crippen LogP contribution in [0.15, 0.2) is 0 Å². The minimum atomic E-state index is 0.302. The molecule has 0 spiro atoms. The number of rotatable bonds is 4. The maximum absolute atomic E-state index is 8.78. The summed E-state index contributed by atoms with van der Waals surface area (Å²) in [7, 11) is 0. The molecule has 0 saturated heterocycles. The lowest BCUT2D eigenvalue weighted by atomic mass is 10.0. The molecule has 0 radical (unpaired) electrons. The van der Waals surface area contributed by atoms with E-state index in [4.69, 9.17) is 5.11 Å². The first-order valence-electron chi connectivity index (χ1n) is 5.98. The lowest BCUT2D eigenvalue weighted by Crippen LogP contribution is -2.09. The number of aryl methyl sites for hydroxylation is 2. The van der Waals surface area contributed by atoms with Crippen molar-refractivity contribution in [1.29, 1.82) is 0 Å². The highest BCUT2D eigenvalue weighted by atomic mass is 16.2. The van der Waals surface area contributed by atoms with E-state index in [-0.39, 0.29) is 0 Å². The summed E-state index contributed by atoms with van der Waals surface area (Å²) in [4.78, 5) is 4.63. The van der Waals surface area contributed by atoms with Crippen LogP contribution in [0.3, 0.4) is 0 Å². The molecule has 1 aliphatic carbocycles. The van der Waals surface area contributed by atoms with Crippen LogP contribution in [0.2, 0.25) is 0 Å². The number of unbranched alkanes of at least 4 members (excludes halogenated alkanes) is 1. The highest BCUT2D eigenvalue weighted by molar-refractivity contribution is 5.19. The van der Waals surface area contributed by atoms with Gasteiger partial charge < -0.3 is 9.67 Å². The van der Waals surface area contributed by atoms with E-state index >= 15 is 0 Å². The van der Waals surface area contributed by atoms with Crippen LogP contribution in [0.5, 0.6) is 0 Å². The predicted octanol–water partition coefficient (Wildman–Crippen LogP) is 1.84. The second kappa shape index (κ2) is 4.79. The number of nitrogens with zero attached hydrogens (tertiary/aromatic N) is 2. The maximum atomic E-state index is 8.78. The summed E-state index contributed by atoms with van der Waals surface area (Å²) in [5.41, 5.74) is 2.78. The summed E-state index contributed by atoms with van der Waals surface area (Å²) in [6.07, 6.45) is 6.89. The SMILES string of the molecule is Cc1nc2c(n1CCCCO)CCCC2. The van der Waals surface area contributed by atoms with E-state index < -0.39 is 0 Å². The van der Waals surface area contributed by atoms with Crippen molar-refractivity contribution in [3.05, 3.63) is 17.2 Å². The molecule has 15 heavy (non-hydrogen) atoms. The molecule has 1 N–H and O–H groups in total. The highest BCUT2D eigenvalue weighted by Gasteiger charge is 2.17. The molecule has 3 nitrogen and oxygen atoms in total. The largest absolute Gasteiger partial charge is 0.396 e. The number of aliphatic hydroxyl groups is 1. The molecule has 1 aromatic rings. The molecule has 1 heterocycles. The van der Waals surface area contributed by atoms with Crippen LogP contribution in [-0.4, -0.2) is 21.3 Å². The summed E-state index contributed by atoms with van der Waals surface area (Å²) in [5, 5.41) is 8.78. The Labute approximate surface area is 91.1 Å². The molecule has 0 saturated carbocycles. The molecule has 0 unspecified atom stereocenters. The fraction of sp³-hybridized carbons (Fsp3) is 0.750. The third kappa shape index (κ3) is 2.23. The fourth-order valence-electron chi connectivity index (χ4n) is 2.41. The first kappa shape index (κ1) is 10.7. The van der Waals surface area contributed by atoms with Gasteiger partial charge in [-0.2, -0.15) is 0 Å². The summed E-state index contributed by atoms with van der Waals surface area (Å²) in [5.74, 6) is 1.15. The number of hydrogen-bond acceptors (Lipinski definition) is 2. The van der Waals surface area contributed by atoms with E-state index in [0.29, 0.717) is 6.61 Å². The van der Waals surface area contributed by atoms with Gasteiger partial charge in [0.05, 0.1) is 5.69 Å². The molecule has 0 fully saturated rings. The van der Waals surface area contributed by atoms with Crippen LogP contribution in [-0.2, 0) is 19.4 Å². The molecular weight excluding hydrogens is 188 g/mol. The van der Waals surface area contributed by atoms with Crippen LogP contribution in [0.25, 0.3) is 0 Å². The summed E-state index contributed by atoms with van der Waals surface area (Å²) in [6, 6.07) is 0. The predicted molar refractivity (Wildman–Crippen MR) is 59.9 cm³/mol. The van der Waals surface area contributed by atoms with Crippen molar-refractivity contribution in [2.24, 2.45) is 0 Å². The monoisotopic (exact) mass is 208 g/mol. The van der Waals surface area contributed by atoms with Gasteiger partial charge in [0.2, 0.25) is 0 Å². The van der Waals surface area contributed by atoms with Gasteiger partial charge in [0.25, 0.3) is 0 Å². The van der Waals surface area contributed by atoms with E-state index in [9.17, 15) is 0 Å². The lowest BCUT2D eigenvalue weighted by molar-refractivity contribution is 0.280. The third-order valence-corrected chi connectivity index (χ3v) is 3.21. The Hall–Kier alpha value is -0.830. The fourth-order valence-corrected chi connectivity index (χ4v) is 2.41. The van der Waals surface area contributed by atoms with E-state index in [0.717, 1.165) is 31.6 Å². The van der Waals surface area contributed by atoms with Gasteiger partial charge in [-0.25, -0.2) is 4.98 Å². The summed E-state index contributed by atoms with van der Waals surface area (Å²) >= 11 is 0. The Kier molecular flexibility index (Phi) is 3.41. The Morgan fingerprint density at radius 2 is 2.07 bits per heavy atom. The van der Waals surface area contributed by atoms with E-state index in [1.54, 1.807) is 0 Å². The molecule has 0 atom stereocenters. The molecule has 0 bridgehead atoms.